The third kappa shape index (κ3) is 2.99. The van der Waals surface area contributed by atoms with Crippen LogP contribution < -0.4 is 5.32 Å². The molecular weight excluding hydrogens is 289 g/mol. The van der Waals surface area contributed by atoms with Gasteiger partial charge in [0.2, 0.25) is 0 Å². The van der Waals surface area contributed by atoms with E-state index in [-0.39, 0.29) is 11.3 Å². The average molecular weight is 296 g/mol. The molecule has 0 aliphatic rings. The highest BCUT2D eigenvalue weighted by molar-refractivity contribution is 6.04. The summed E-state index contributed by atoms with van der Waals surface area (Å²) in [6.07, 6.45) is 2.18. The molecule has 108 valence electrons. The Morgan fingerprint density at radius 2 is 1.81 bits per heavy atom. The van der Waals surface area contributed by atoms with Gasteiger partial charge in [-0.05, 0) is 18.2 Å². The molecule has 21 heavy (non-hydrogen) atoms. The van der Waals surface area contributed by atoms with Gasteiger partial charge < -0.3 is 10.4 Å². The molecule has 2 rings (SSSR count). The van der Waals surface area contributed by atoms with Gasteiger partial charge >= 0.3 is 5.97 Å². The Bertz CT molecular complexity index is 735. The van der Waals surface area contributed by atoms with Gasteiger partial charge in [0, 0.05) is 6.20 Å². The van der Waals surface area contributed by atoms with Crippen LogP contribution in [0, 0.1) is 17.5 Å². The number of rotatable bonds is 3. The largest absolute Gasteiger partial charge is 0.478 e. The lowest BCUT2D eigenvalue weighted by molar-refractivity contribution is 0.0696. The number of hydrogen-bond acceptors (Lipinski definition) is 3. The number of benzene rings is 1. The molecule has 0 bridgehead atoms. The summed E-state index contributed by atoms with van der Waals surface area (Å²) >= 11 is 0. The van der Waals surface area contributed by atoms with Crippen LogP contribution in [0.2, 0.25) is 0 Å². The minimum absolute atomic E-state index is 0.0240. The van der Waals surface area contributed by atoms with E-state index >= 15 is 0 Å². The number of carbonyl (C=O) groups is 2. The fourth-order valence-electron chi connectivity index (χ4n) is 1.52. The Morgan fingerprint density at radius 3 is 2.48 bits per heavy atom. The molecule has 0 spiro atoms. The van der Waals surface area contributed by atoms with Crippen molar-refractivity contribution in [2.75, 3.05) is 5.32 Å². The highest BCUT2D eigenvalue weighted by Gasteiger charge is 2.19. The Kier molecular flexibility index (Phi) is 3.88. The van der Waals surface area contributed by atoms with Gasteiger partial charge in [-0.15, -0.1) is 0 Å². The van der Waals surface area contributed by atoms with Crippen molar-refractivity contribution in [1.82, 2.24) is 4.98 Å². The second-order valence-corrected chi connectivity index (χ2v) is 3.94. The average Bonchev–Trinajstić information content (AvgIpc) is 2.45. The summed E-state index contributed by atoms with van der Waals surface area (Å²) in [5.41, 5.74) is -0.933. The van der Waals surface area contributed by atoms with Gasteiger partial charge in [-0.2, -0.15) is 0 Å². The van der Waals surface area contributed by atoms with Crippen LogP contribution in [-0.4, -0.2) is 22.0 Å². The van der Waals surface area contributed by atoms with E-state index in [1.165, 1.54) is 0 Å². The van der Waals surface area contributed by atoms with Gasteiger partial charge in [0.1, 0.15) is 0 Å². The fraction of sp³-hybridized carbons (Fsp3) is 0. The van der Waals surface area contributed by atoms with Crippen molar-refractivity contribution in [1.29, 1.82) is 0 Å². The highest BCUT2D eigenvalue weighted by atomic mass is 19.2. The van der Waals surface area contributed by atoms with Crippen molar-refractivity contribution >= 4 is 17.6 Å². The van der Waals surface area contributed by atoms with Crippen LogP contribution in [0.4, 0.5) is 18.9 Å². The van der Waals surface area contributed by atoms with Gasteiger partial charge in [-0.3, -0.25) is 9.78 Å². The lowest BCUT2D eigenvalue weighted by Gasteiger charge is -2.07. The van der Waals surface area contributed by atoms with E-state index in [1.54, 1.807) is 0 Å². The van der Waals surface area contributed by atoms with E-state index < -0.39 is 34.9 Å². The number of aromatic nitrogens is 1. The van der Waals surface area contributed by atoms with E-state index in [2.05, 4.69) is 10.3 Å². The van der Waals surface area contributed by atoms with E-state index in [0.29, 0.717) is 6.07 Å². The molecule has 2 N–H and O–H groups in total. The summed E-state index contributed by atoms with van der Waals surface area (Å²) in [5, 5.41) is 10.9. The van der Waals surface area contributed by atoms with Crippen molar-refractivity contribution in [3.8, 4) is 0 Å². The number of carboxylic acids is 1. The van der Waals surface area contributed by atoms with Crippen LogP contribution in [0.15, 0.2) is 30.6 Å². The molecule has 2 aromatic rings. The molecular formula is C13H7F3N2O3. The summed E-state index contributed by atoms with van der Waals surface area (Å²) < 4.78 is 39.2. The van der Waals surface area contributed by atoms with Crippen molar-refractivity contribution < 1.29 is 27.9 Å². The van der Waals surface area contributed by atoms with E-state index in [4.69, 9.17) is 5.11 Å². The summed E-state index contributed by atoms with van der Waals surface area (Å²) in [7, 11) is 0. The van der Waals surface area contributed by atoms with Crippen LogP contribution in [-0.2, 0) is 0 Å². The Labute approximate surface area is 116 Å². The summed E-state index contributed by atoms with van der Waals surface area (Å²) in [5.74, 6) is -7.14. The van der Waals surface area contributed by atoms with Crippen LogP contribution in [0.25, 0.3) is 0 Å². The van der Waals surface area contributed by atoms with Gasteiger partial charge in [0.05, 0.1) is 23.0 Å². The number of pyridine rings is 1. The molecule has 0 aliphatic heterocycles. The first-order chi connectivity index (χ1) is 9.90. The minimum atomic E-state index is -1.76. The van der Waals surface area contributed by atoms with Crippen LogP contribution in [0.5, 0.6) is 0 Å². The summed E-state index contributed by atoms with van der Waals surface area (Å²) in [4.78, 5) is 26.1. The Morgan fingerprint density at radius 1 is 1.10 bits per heavy atom. The molecule has 1 aromatic heterocycles. The first-order valence-electron chi connectivity index (χ1n) is 5.53. The first-order valence-corrected chi connectivity index (χ1v) is 5.53. The maximum atomic E-state index is 13.4. The maximum absolute atomic E-state index is 13.4. The molecule has 0 saturated heterocycles. The smallest absolute Gasteiger partial charge is 0.337 e. The first kappa shape index (κ1) is 14.5. The quantitative estimate of drug-likeness (QED) is 0.853. The van der Waals surface area contributed by atoms with Crippen molar-refractivity contribution in [2.24, 2.45) is 0 Å². The molecule has 0 radical (unpaired) electrons. The van der Waals surface area contributed by atoms with Gasteiger partial charge in [-0.1, -0.05) is 0 Å². The number of hydrogen-bond donors (Lipinski definition) is 2. The third-order valence-electron chi connectivity index (χ3n) is 2.52. The number of amides is 1. The van der Waals surface area contributed by atoms with Gasteiger partial charge in [-0.25, -0.2) is 18.0 Å². The third-order valence-corrected chi connectivity index (χ3v) is 2.52. The predicted octanol–water partition coefficient (Wildman–Crippen LogP) is 2.45. The lowest BCUT2D eigenvalue weighted by atomic mass is 10.1. The normalized spacial score (nSPS) is 10.2. The summed E-state index contributed by atoms with van der Waals surface area (Å²) in [6.45, 7) is 0. The van der Waals surface area contributed by atoms with Crippen molar-refractivity contribution in [2.45, 2.75) is 0 Å². The zero-order valence-corrected chi connectivity index (χ0v) is 10.2. The van der Waals surface area contributed by atoms with Crippen LogP contribution >= 0.6 is 0 Å². The predicted molar refractivity (Wildman–Crippen MR) is 65.5 cm³/mol. The minimum Gasteiger partial charge on any atom is -0.478 e. The molecule has 0 fully saturated rings. The molecule has 1 heterocycles. The van der Waals surface area contributed by atoms with E-state index in [1.807, 2.05) is 0 Å². The number of nitrogens with zero attached hydrogens (tertiary/aromatic N) is 1. The Hall–Kier alpha value is -2.90. The number of halogens is 3. The maximum Gasteiger partial charge on any atom is 0.337 e. The second kappa shape index (κ2) is 5.61. The number of nitrogens with one attached hydrogen (secondary N) is 1. The molecule has 5 nitrogen and oxygen atoms in total. The summed E-state index contributed by atoms with van der Waals surface area (Å²) in [6, 6.07) is 2.47. The zero-order valence-electron chi connectivity index (χ0n) is 10.2. The topological polar surface area (TPSA) is 79.3 Å². The molecule has 8 heteroatoms. The lowest BCUT2D eigenvalue weighted by Crippen LogP contribution is -2.15. The van der Waals surface area contributed by atoms with E-state index in [0.717, 1.165) is 24.5 Å². The molecule has 0 atom stereocenters. The number of aromatic carboxylic acids is 1. The number of carboxylic acid groups (broad SMARTS) is 1. The molecule has 1 amide bonds. The van der Waals surface area contributed by atoms with Gasteiger partial charge in [0.15, 0.2) is 17.5 Å². The molecule has 0 unspecified atom stereocenters. The molecule has 0 aliphatic carbocycles. The van der Waals surface area contributed by atoms with Crippen LogP contribution in [0.3, 0.4) is 0 Å². The number of carbonyl (C=O) groups excluding carboxylic acids is 1. The van der Waals surface area contributed by atoms with Crippen molar-refractivity contribution in [3.05, 3.63) is 59.2 Å². The monoisotopic (exact) mass is 296 g/mol. The second-order valence-electron chi connectivity index (χ2n) is 3.94. The molecule has 0 saturated carbocycles. The van der Waals surface area contributed by atoms with Crippen molar-refractivity contribution in [3.63, 3.8) is 0 Å². The van der Waals surface area contributed by atoms with E-state index in [9.17, 15) is 22.8 Å². The fourth-order valence-corrected chi connectivity index (χ4v) is 1.52. The Balaban J connectivity index is 2.28. The highest BCUT2D eigenvalue weighted by Crippen LogP contribution is 2.17. The standard InChI is InChI=1S/C13H7F3N2O3/c14-9-2-1-8(10(15)11(9)16)12(19)18-7-3-6(13(20)21)4-17-5-7/h1-5H,(H,18,19)(H,20,21). The van der Waals surface area contributed by atoms with Gasteiger partial charge in [0.25, 0.3) is 5.91 Å². The zero-order chi connectivity index (χ0) is 15.6. The number of anilines is 1. The van der Waals surface area contributed by atoms with Crippen LogP contribution in [0.1, 0.15) is 20.7 Å². The SMILES string of the molecule is O=C(O)c1cncc(NC(=O)c2ccc(F)c(F)c2F)c1. The molecule has 1 aromatic carbocycles.